The molecule has 0 fully saturated rings. The van der Waals surface area contributed by atoms with E-state index in [-0.39, 0.29) is 58.8 Å². The SMILES string of the molecule is Cc1c(S(=O)(=O)NCP(=O)(Oc2ccc(S(=O)(=O)C(F)(F)F)c(F)c2)Oc2ccc(S(=O)(=O)C(F)(F)F)c(F)c2)sc2c(F)cc(OCCN=[N+]=[N-])cc12. The lowest BCUT2D eigenvalue weighted by atomic mass is 10.2. The minimum absolute atomic E-state index is 0.00332. The quantitative estimate of drug-likeness (QED) is 0.0330. The van der Waals surface area contributed by atoms with Crippen molar-refractivity contribution < 1.29 is 83.1 Å². The molecule has 0 aliphatic carbocycles. The molecule has 0 atom stereocenters. The van der Waals surface area contributed by atoms with E-state index in [4.69, 9.17) is 19.3 Å². The average molecular weight is 877 g/mol. The fourth-order valence-corrected chi connectivity index (χ4v) is 10.6. The fraction of sp³-hybridized carbons (Fsp3) is 0.231. The fourth-order valence-electron chi connectivity index (χ4n) is 4.21. The number of sulfone groups is 2. The van der Waals surface area contributed by atoms with Crippen molar-refractivity contribution in [2.75, 3.05) is 19.4 Å². The lowest BCUT2D eigenvalue weighted by molar-refractivity contribution is -0.0443. The van der Waals surface area contributed by atoms with E-state index in [2.05, 4.69) is 10.0 Å². The first-order chi connectivity index (χ1) is 24.7. The second-order valence-electron chi connectivity index (χ2n) is 10.3. The number of aryl methyl sites for hydroxylation is 1. The molecule has 1 heterocycles. The number of alkyl halides is 6. The van der Waals surface area contributed by atoms with Gasteiger partial charge in [-0.1, -0.05) is 5.11 Å². The molecule has 0 bridgehead atoms. The van der Waals surface area contributed by atoms with Crippen molar-refractivity contribution in [2.45, 2.75) is 31.9 Å². The van der Waals surface area contributed by atoms with E-state index in [0.29, 0.717) is 23.5 Å². The monoisotopic (exact) mass is 876 g/mol. The Balaban J connectivity index is 1.73. The van der Waals surface area contributed by atoms with Crippen LogP contribution in [0.25, 0.3) is 20.5 Å². The molecule has 54 heavy (non-hydrogen) atoms. The van der Waals surface area contributed by atoms with Gasteiger partial charge in [-0.2, -0.15) is 31.1 Å². The number of fused-ring (bicyclic) bond motifs is 1. The number of ether oxygens (including phenoxy) is 1. The molecule has 0 aliphatic rings. The molecule has 4 rings (SSSR count). The van der Waals surface area contributed by atoms with Crippen molar-refractivity contribution in [1.29, 1.82) is 0 Å². The van der Waals surface area contributed by atoms with E-state index in [1.807, 2.05) is 0 Å². The summed E-state index contributed by atoms with van der Waals surface area (Å²) in [4.78, 5) is -1.32. The Kier molecular flexibility index (Phi) is 11.9. The third-order valence-corrected chi connectivity index (χ3v) is 14.7. The molecule has 294 valence electrons. The molecule has 0 unspecified atom stereocenters. The van der Waals surface area contributed by atoms with Crippen LogP contribution in [0.3, 0.4) is 0 Å². The molecule has 0 saturated heterocycles. The van der Waals surface area contributed by atoms with Crippen molar-refractivity contribution >= 4 is 58.7 Å². The zero-order valence-electron chi connectivity index (χ0n) is 26.1. The third kappa shape index (κ3) is 8.82. The van der Waals surface area contributed by atoms with E-state index < -0.39 is 97.5 Å². The topological polar surface area (TPSA) is 208 Å². The lowest BCUT2D eigenvalue weighted by Crippen LogP contribution is -2.27. The van der Waals surface area contributed by atoms with Gasteiger partial charge in [0.05, 0.1) is 17.9 Å². The minimum Gasteiger partial charge on any atom is -0.493 e. The maximum Gasteiger partial charge on any atom is 0.502 e. The highest BCUT2D eigenvalue weighted by atomic mass is 32.2. The summed E-state index contributed by atoms with van der Waals surface area (Å²) in [6.45, 7) is 0.900. The average Bonchev–Trinajstić information content (AvgIpc) is 3.38. The lowest BCUT2D eigenvalue weighted by Gasteiger charge is -2.21. The van der Waals surface area contributed by atoms with Crippen LogP contribution < -0.4 is 18.5 Å². The number of thiophene rings is 1. The van der Waals surface area contributed by atoms with Gasteiger partial charge in [0.25, 0.3) is 29.7 Å². The van der Waals surface area contributed by atoms with Crippen LogP contribution in [-0.4, -0.2) is 55.7 Å². The second-order valence-corrected chi connectivity index (χ2v) is 19.0. The number of halogens is 9. The van der Waals surface area contributed by atoms with Crippen LogP contribution in [-0.2, 0) is 34.3 Å². The van der Waals surface area contributed by atoms with Crippen molar-refractivity contribution in [2.24, 2.45) is 5.11 Å². The summed E-state index contributed by atoms with van der Waals surface area (Å²) in [6.07, 6.45) is -1.55. The number of nitrogens with one attached hydrogen (secondary N) is 1. The van der Waals surface area contributed by atoms with Crippen molar-refractivity contribution in [3.8, 4) is 17.2 Å². The number of sulfonamides is 1. The smallest absolute Gasteiger partial charge is 0.493 e. The molecule has 0 spiro atoms. The van der Waals surface area contributed by atoms with Gasteiger partial charge in [-0.3, -0.25) is 0 Å². The predicted molar refractivity (Wildman–Crippen MR) is 169 cm³/mol. The maximum absolute atomic E-state index is 15.0. The Morgan fingerprint density at radius 2 is 1.28 bits per heavy atom. The molecule has 0 saturated carbocycles. The Morgan fingerprint density at radius 1 is 0.796 bits per heavy atom. The van der Waals surface area contributed by atoms with Crippen LogP contribution in [0, 0.1) is 24.4 Å². The van der Waals surface area contributed by atoms with Gasteiger partial charge in [0.15, 0.2) is 0 Å². The van der Waals surface area contributed by atoms with E-state index in [1.165, 1.54) is 13.0 Å². The Morgan fingerprint density at radius 3 is 1.72 bits per heavy atom. The first-order valence-electron chi connectivity index (χ1n) is 13.8. The summed E-state index contributed by atoms with van der Waals surface area (Å²) in [5.74, 6) is -7.46. The first kappa shape index (κ1) is 42.5. The van der Waals surface area contributed by atoms with Crippen LogP contribution in [0.2, 0.25) is 0 Å². The van der Waals surface area contributed by atoms with E-state index in [9.17, 15) is 69.3 Å². The highest BCUT2D eigenvalue weighted by Crippen LogP contribution is 2.49. The summed E-state index contributed by atoms with van der Waals surface area (Å²) in [5, 5.41) is 3.24. The highest BCUT2D eigenvalue weighted by molar-refractivity contribution is 7.92. The van der Waals surface area contributed by atoms with Crippen molar-refractivity contribution in [3.05, 3.63) is 82.0 Å². The largest absolute Gasteiger partial charge is 0.502 e. The van der Waals surface area contributed by atoms with Gasteiger partial charge in [-0.25, -0.2) is 43.0 Å². The molecule has 3 aromatic carbocycles. The van der Waals surface area contributed by atoms with Crippen molar-refractivity contribution in [1.82, 2.24) is 4.72 Å². The third-order valence-electron chi connectivity index (χ3n) is 6.62. The Labute approximate surface area is 301 Å². The number of rotatable bonds is 14. The van der Waals surface area contributed by atoms with Crippen molar-refractivity contribution in [3.63, 3.8) is 0 Å². The number of nitrogens with zero attached hydrogens (tertiary/aromatic N) is 3. The van der Waals surface area contributed by atoms with Crippen LogP contribution in [0.15, 0.2) is 67.6 Å². The number of hydrogen-bond donors (Lipinski definition) is 1. The predicted octanol–water partition coefficient (Wildman–Crippen LogP) is 7.49. The van der Waals surface area contributed by atoms with E-state index >= 15 is 0 Å². The number of benzene rings is 3. The molecule has 0 aliphatic heterocycles. The molecular formula is C26H18F9N4O10PS4. The van der Waals surface area contributed by atoms with Gasteiger partial charge in [-0.15, -0.1) is 11.3 Å². The maximum atomic E-state index is 15.0. The van der Waals surface area contributed by atoms with Crippen LogP contribution >= 0.6 is 18.9 Å². The zero-order valence-corrected chi connectivity index (χ0v) is 30.3. The summed E-state index contributed by atoms with van der Waals surface area (Å²) in [6, 6.07) is 2.79. The van der Waals surface area contributed by atoms with Gasteiger partial charge >= 0.3 is 18.6 Å². The molecule has 28 heteroatoms. The normalized spacial score (nSPS) is 13.1. The molecule has 4 aromatic rings. The summed E-state index contributed by atoms with van der Waals surface area (Å²) in [7, 11) is -22.8. The minimum atomic E-state index is -6.28. The molecule has 1 N–H and O–H groups in total. The highest BCUT2D eigenvalue weighted by Gasteiger charge is 2.49. The van der Waals surface area contributed by atoms with Gasteiger partial charge < -0.3 is 13.8 Å². The molecular weight excluding hydrogens is 859 g/mol. The van der Waals surface area contributed by atoms with E-state index in [1.54, 1.807) is 4.72 Å². The Bertz CT molecular complexity index is 2460. The van der Waals surface area contributed by atoms with Gasteiger partial charge in [-0.05, 0) is 48.4 Å². The molecule has 14 nitrogen and oxygen atoms in total. The first-order valence-corrected chi connectivity index (χ1v) is 20.8. The van der Waals surface area contributed by atoms with E-state index in [0.717, 1.165) is 6.07 Å². The molecule has 0 radical (unpaired) electrons. The standard InChI is InChI=1S/C26H18F9N4O10PS4/c1-13-17-8-16(47-7-6-37-39-36)11-20(29)23(17)51-24(13)54(45,46)38-12-50(40,48-14-2-4-21(18(27)9-14)52(41,42)25(30,31)32)49-15-3-5-22(19(28)10-15)53(43,44)26(33,34)35/h2-5,8-11,38H,6-7,12H2,1H3. The summed E-state index contributed by atoms with van der Waals surface area (Å²) >= 11 is 0.357. The van der Waals surface area contributed by atoms with Gasteiger partial charge in [0.2, 0.25) is 0 Å². The number of azide groups is 1. The second kappa shape index (κ2) is 15.1. The summed E-state index contributed by atoms with van der Waals surface area (Å²) < 4.78 is 226. The zero-order chi connectivity index (χ0) is 40.7. The Hall–Kier alpha value is -4.26. The molecule has 1 aromatic heterocycles. The summed E-state index contributed by atoms with van der Waals surface area (Å²) in [5.41, 5.74) is -3.69. The number of hydrogen-bond acceptors (Lipinski definition) is 12. The van der Waals surface area contributed by atoms with Gasteiger partial charge in [0.1, 0.15) is 55.0 Å². The van der Waals surface area contributed by atoms with Crippen LogP contribution in [0.4, 0.5) is 39.5 Å². The van der Waals surface area contributed by atoms with Crippen LogP contribution in [0.5, 0.6) is 17.2 Å². The van der Waals surface area contributed by atoms with Crippen LogP contribution in [0.1, 0.15) is 5.56 Å². The van der Waals surface area contributed by atoms with Gasteiger partial charge in [0, 0.05) is 28.5 Å². The molecule has 0 amide bonds.